The molecule has 0 bridgehead atoms. The lowest BCUT2D eigenvalue weighted by Gasteiger charge is -2.34. The van der Waals surface area contributed by atoms with Crippen LogP contribution >= 0.6 is 0 Å². The van der Waals surface area contributed by atoms with Gasteiger partial charge in [0.2, 0.25) is 11.8 Å². The molecule has 10 nitrogen and oxygen atoms in total. The SMILES string of the molecule is COc1cccc(CN(C(=O)CN(c2cc(OC)ccc2OC)S(=O)(=O)c2ccc(C)cc2)[C@@H](Cc2ccccc2)C(=O)NCC(C)C)c1. The Kier molecular flexibility index (Phi) is 12.7. The van der Waals surface area contributed by atoms with Gasteiger partial charge in [-0.1, -0.05) is 74.0 Å². The Bertz CT molecular complexity index is 1810. The number of amides is 2. The van der Waals surface area contributed by atoms with Gasteiger partial charge in [-0.2, -0.15) is 0 Å². The molecule has 0 aliphatic heterocycles. The van der Waals surface area contributed by atoms with Crippen LogP contribution in [0.2, 0.25) is 0 Å². The quantitative estimate of drug-likeness (QED) is 0.163. The number of carbonyl (C=O) groups excluding carboxylic acids is 2. The molecule has 0 saturated heterocycles. The lowest BCUT2D eigenvalue weighted by atomic mass is 10.0. The minimum Gasteiger partial charge on any atom is -0.497 e. The van der Waals surface area contributed by atoms with E-state index < -0.39 is 28.5 Å². The molecule has 0 heterocycles. The van der Waals surface area contributed by atoms with Crippen molar-refractivity contribution in [2.24, 2.45) is 5.92 Å². The van der Waals surface area contributed by atoms with Crippen molar-refractivity contribution in [1.29, 1.82) is 0 Å². The van der Waals surface area contributed by atoms with Gasteiger partial charge in [0.05, 0.1) is 31.9 Å². The number of ether oxygens (including phenoxy) is 3. The predicted octanol–water partition coefficient (Wildman–Crippen LogP) is 5.63. The Morgan fingerprint density at radius 1 is 0.776 bits per heavy atom. The first-order valence-electron chi connectivity index (χ1n) is 16.0. The van der Waals surface area contributed by atoms with Crippen molar-refractivity contribution in [2.45, 2.75) is 44.7 Å². The maximum Gasteiger partial charge on any atom is 0.264 e. The zero-order chi connectivity index (χ0) is 35.6. The molecule has 0 spiro atoms. The van der Waals surface area contributed by atoms with Gasteiger partial charge in [0.25, 0.3) is 10.0 Å². The van der Waals surface area contributed by atoms with E-state index in [0.29, 0.717) is 23.6 Å². The molecule has 0 fully saturated rings. The van der Waals surface area contributed by atoms with Gasteiger partial charge in [-0.25, -0.2) is 8.42 Å². The Hall–Kier alpha value is -5.03. The molecule has 0 aliphatic rings. The lowest BCUT2D eigenvalue weighted by molar-refractivity contribution is -0.140. The maximum absolute atomic E-state index is 14.8. The highest BCUT2D eigenvalue weighted by Gasteiger charge is 2.36. The van der Waals surface area contributed by atoms with Crippen LogP contribution in [0.15, 0.2) is 102 Å². The van der Waals surface area contributed by atoms with E-state index in [1.54, 1.807) is 49.6 Å². The highest BCUT2D eigenvalue weighted by Crippen LogP contribution is 2.36. The number of aryl methyl sites for hydroxylation is 1. The largest absolute Gasteiger partial charge is 0.497 e. The van der Waals surface area contributed by atoms with E-state index in [9.17, 15) is 18.0 Å². The van der Waals surface area contributed by atoms with Crippen LogP contribution in [0.1, 0.15) is 30.5 Å². The molecule has 260 valence electrons. The average Bonchev–Trinajstić information content (AvgIpc) is 3.11. The number of nitrogens with one attached hydrogen (secondary N) is 1. The van der Waals surface area contributed by atoms with Crippen molar-refractivity contribution < 1.29 is 32.2 Å². The number of carbonyl (C=O) groups is 2. The van der Waals surface area contributed by atoms with Crippen molar-refractivity contribution >= 4 is 27.5 Å². The lowest BCUT2D eigenvalue weighted by Crippen LogP contribution is -2.53. The second kappa shape index (κ2) is 16.9. The third-order valence-electron chi connectivity index (χ3n) is 7.99. The normalized spacial score (nSPS) is 11.8. The van der Waals surface area contributed by atoms with Crippen LogP contribution < -0.4 is 23.8 Å². The fourth-order valence-electron chi connectivity index (χ4n) is 5.29. The van der Waals surface area contributed by atoms with Gasteiger partial charge < -0.3 is 24.4 Å². The number of methoxy groups -OCH3 is 3. The smallest absolute Gasteiger partial charge is 0.264 e. The van der Waals surface area contributed by atoms with Crippen molar-refractivity contribution in [2.75, 3.05) is 38.7 Å². The van der Waals surface area contributed by atoms with Crippen LogP contribution in [0, 0.1) is 12.8 Å². The molecule has 0 aromatic heterocycles. The van der Waals surface area contributed by atoms with Gasteiger partial charge in [0, 0.05) is 25.6 Å². The van der Waals surface area contributed by atoms with Gasteiger partial charge in [0.1, 0.15) is 29.8 Å². The van der Waals surface area contributed by atoms with Crippen molar-refractivity contribution in [1.82, 2.24) is 10.2 Å². The van der Waals surface area contributed by atoms with Crippen LogP contribution in [0.3, 0.4) is 0 Å². The minimum atomic E-state index is -4.34. The van der Waals surface area contributed by atoms with Gasteiger partial charge in [-0.3, -0.25) is 13.9 Å². The van der Waals surface area contributed by atoms with Crippen molar-refractivity contribution in [3.63, 3.8) is 0 Å². The Morgan fingerprint density at radius 3 is 2.06 bits per heavy atom. The zero-order valence-corrected chi connectivity index (χ0v) is 29.7. The molecule has 0 aliphatic carbocycles. The molecule has 0 radical (unpaired) electrons. The van der Waals surface area contributed by atoms with Gasteiger partial charge in [-0.05, 0) is 60.4 Å². The van der Waals surface area contributed by atoms with Crippen molar-refractivity contribution in [3.8, 4) is 17.2 Å². The van der Waals surface area contributed by atoms with E-state index in [1.165, 1.54) is 37.3 Å². The second-order valence-corrected chi connectivity index (χ2v) is 13.9. The molecular formula is C38H45N3O7S. The third-order valence-corrected chi connectivity index (χ3v) is 9.76. The molecular weight excluding hydrogens is 642 g/mol. The number of benzene rings is 4. The summed E-state index contributed by atoms with van der Waals surface area (Å²) in [6.07, 6.45) is 0.202. The van der Waals surface area contributed by atoms with Crippen LogP contribution in [0.4, 0.5) is 5.69 Å². The summed E-state index contributed by atoms with van der Waals surface area (Å²) in [7, 11) is 0.105. The zero-order valence-electron chi connectivity index (χ0n) is 28.9. The predicted molar refractivity (Wildman–Crippen MR) is 191 cm³/mol. The Balaban J connectivity index is 1.87. The molecule has 4 aromatic carbocycles. The van der Waals surface area contributed by atoms with Gasteiger partial charge in [0.15, 0.2) is 0 Å². The number of nitrogens with zero attached hydrogens (tertiary/aromatic N) is 2. The first-order valence-corrected chi connectivity index (χ1v) is 17.5. The summed E-state index contributed by atoms with van der Waals surface area (Å²) in [6, 6.07) is 26.8. The van der Waals surface area contributed by atoms with Crippen molar-refractivity contribution in [3.05, 3.63) is 114 Å². The summed E-state index contributed by atoms with van der Waals surface area (Å²) in [6.45, 7) is 5.61. The minimum absolute atomic E-state index is 0.00868. The molecule has 1 N–H and O–H groups in total. The molecule has 2 amide bonds. The number of anilines is 1. The number of sulfonamides is 1. The molecule has 11 heteroatoms. The summed E-state index contributed by atoms with van der Waals surface area (Å²) in [5.41, 5.74) is 2.53. The summed E-state index contributed by atoms with van der Waals surface area (Å²) in [5, 5.41) is 3.00. The summed E-state index contributed by atoms with van der Waals surface area (Å²) in [4.78, 5) is 30.2. The average molecular weight is 688 g/mol. The van der Waals surface area contributed by atoms with Crippen LogP contribution in [0.25, 0.3) is 0 Å². The van der Waals surface area contributed by atoms with Crippen LogP contribution in [-0.4, -0.2) is 65.6 Å². The molecule has 4 aromatic rings. The van der Waals surface area contributed by atoms with E-state index >= 15 is 0 Å². The van der Waals surface area contributed by atoms with Crippen LogP contribution in [0.5, 0.6) is 17.2 Å². The summed E-state index contributed by atoms with van der Waals surface area (Å²) < 4.78 is 46.4. The topological polar surface area (TPSA) is 114 Å². The molecule has 4 rings (SSSR count). The number of hydrogen-bond donors (Lipinski definition) is 1. The Morgan fingerprint density at radius 2 is 1.43 bits per heavy atom. The summed E-state index contributed by atoms with van der Waals surface area (Å²) in [5.74, 6) is 0.400. The number of rotatable bonds is 16. The maximum atomic E-state index is 14.8. The second-order valence-electron chi connectivity index (χ2n) is 12.1. The first kappa shape index (κ1) is 36.8. The monoisotopic (exact) mass is 687 g/mol. The van der Waals surface area contributed by atoms with Gasteiger partial charge >= 0.3 is 0 Å². The molecule has 49 heavy (non-hydrogen) atoms. The highest BCUT2D eigenvalue weighted by molar-refractivity contribution is 7.92. The van der Waals surface area contributed by atoms with E-state index in [4.69, 9.17) is 14.2 Å². The van der Waals surface area contributed by atoms with E-state index in [2.05, 4.69) is 5.32 Å². The van der Waals surface area contributed by atoms with Gasteiger partial charge in [-0.15, -0.1) is 0 Å². The highest BCUT2D eigenvalue weighted by atomic mass is 32.2. The van der Waals surface area contributed by atoms with E-state index in [-0.39, 0.29) is 41.1 Å². The summed E-state index contributed by atoms with van der Waals surface area (Å²) >= 11 is 0. The standard InChI is InChI=1S/C38H45N3O7S/c1-27(2)24-39-38(43)35(22-29-11-8-7-9-12-29)40(25-30-13-10-14-31(21-30)46-4)37(42)26-41(34-23-32(47-5)17-20-36(34)48-6)49(44,45)33-18-15-28(3)16-19-33/h7-21,23,27,35H,22,24-26H2,1-6H3,(H,39,43)/t35-/m0/s1. The molecule has 0 saturated carbocycles. The fourth-order valence-corrected chi connectivity index (χ4v) is 6.70. The molecule has 0 unspecified atom stereocenters. The third kappa shape index (κ3) is 9.54. The van der Waals surface area contributed by atoms with Crippen LogP contribution in [-0.2, 0) is 32.6 Å². The Labute approximate surface area is 289 Å². The number of hydrogen-bond acceptors (Lipinski definition) is 7. The fraction of sp³-hybridized carbons (Fsp3) is 0.316. The first-order chi connectivity index (χ1) is 23.5. The van der Waals surface area contributed by atoms with E-state index in [1.807, 2.05) is 57.2 Å². The molecule has 1 atom stereocenters. The van der Waals surface area contributed by atoms with E-state index in [0.717, 1.165) is 15.4 Å².